The van der Waals surface area contributed by atoms with E-state index in [1.165, 1.54) is 30.0 Å². The smallest absolute Gasteiger partial charge is 0.335 e. The first-order chi connectivity index (χ1) is 11.9. The maximum atomic E-state index is 12.0. The zero-order valence-corrected chi connectivity index (χ0v) is 14.8. The molecule has 6 nitrogen and oxygen atoms in total. The molecule has 1 heterocycles. The number of halogens is 1. The molecule has 0 radical (unpaired) electrons. The highest BCUT2D eigenvalue weighted by Crippen LogP contribution is 2.24. The van der Waals surface area contributed by atoms with Gasteiger partial charge in [-0.2, -0.15) is 5.26 Å². The van der Waals surface area contributed by atoms with E-state index < -0.39 is 5.97 Å². The number of rotatable bonds is 6. The van der Waals surface area contributed by atoms with Crippen molar-refractivity contribution < 1.29 is 14.7 Å². The van der Waals surface area contributed by atoms with E-state index in [0.717, 1.165) is 5.69 Å². The minimum atomic E-state index is -1.10. The third-order valence-corrected chi connectivity index (χ3v) is 4.50. The lowest BCUT2D eigenvalue weighted by Gasteiger charge is -2.08. The molecule has 0 fully saturated rings. The monoisotopic (exact) mass is 375 g/mol. The average Bonchev–Trinajstić information content (AvgIpc) is 2.57. The summed E-state index contributed by atoms with van der Waals surface area (Å²) in [5, 5.41) is 21.5. The Balaban J connectivity index is 1.96. The van der Waals surface area contributed by atoms with Crippen LogP contribution in [0.5, 0.6) is 0 Å². The van der Waals surface area contributed by atoms with Gasteiger partial charge in [-0.05, 0) is 37.3 Å². The largest absolute Gasteiger partial charge is 0.478 e. The summed E-state index contributed by atoms with van der Waals surface area (Å²) in [6, 6.07) is 9.62. The summed E-state index contributed by atoms with van der Waals surface area (Å²) < 4.78 is 0. The van der Waals surface area contributed by atoms with E-state index in [4.69, 9.17) is 22.0 Å². The van der Waals surface area contributed by atoms with Gasteiger partial charge < -0.3 is 10.4 Å². The number of amides is 1. The van der Waals surface area contributed by atoms with Crippen LogP contribution in [-0.4, -0.2) is 27.7 Å². The van der Waals surface area contributed by atoms with Gasteiger partial charge in [0.05, 0.1) is 21.8 Å². The van der Waals surface area contributed by atoms with Crippen LogP contribution in [-0.2, 0) is 4.79 Å². The predicted octanol–water partition coefficient (Wildman–Crippen LogP) is 3.73. The van der Waals surface area contributed by atoms with Gasteiger partial charge in [-0.3, -0.25) is 4.79 Å². The molecule has 128 valence electrons. The molecule has 0 saturated heterocycles. The number of benzene rings is 1. The van der Waals surface area contributed by atoms with Gasteiger partial charge in [0, 0.05) is 17.9 Å². The fourth-order valence-electron chi connectivity index (χ4n) is 1.94. The average molecular weight is 376 g/mol. The molecule has 1 aromatic carbocycles. The van der Waals surface area contributed by atoms with Crippen molar-refractivity contribution in [3.05, 3.63) is 52.2 Å². The molecule has 0 saturated carbocycles. The summed E-state index contributed by atoms with van der Waals surface area (Å²) in [5.74, 6) is -0.979. The van der Waals surface area contributed by atoms with Crippen LogP contribution in [0.4, 0.5) is 5.69 Å². The van der Waals surface area contributed by atoms with Gasteiger partial charge in [0.15, 0.2) is 0 Å². The first-order valence-electron chi connectivity index (χ1n) is 7.24. The van der Waals surface area contributed by atoms with Gasteiger partial charge in [0.25, 0.3) is 0 Å². The van der Waals surface area contributed by atoms with Gasteiger partial charge in [0.2, 0.25) is 5.91 Å². The number of nitrogens with one attached hydrogen (secondary N) is 1. The number of thioether (sulfide) groups is 1. The number of aryl methyl sites for hydroxylation is 1. The Morgan fingerprint density at radius 3 is 2.80 bits per heavy atom. The molecular formula is C17H14ClN3O3S. The minimum absolute atomic E-state index is 0.0386. The van der Waals surface area contributed by atoms with E-state index in [0.29, 0.717) is 16.3 Å². The van der Waals surface area contributed by atoms with Crippen molar-refractivity contribution in [3.8, 4) is 6.07 Å². The summed E-state index contributed by atoms with van der Waals surface area (Å²) in [7, 11) is 0. The SMILES string of the molecule is Cc1ccc(C#N)c(SCCC(=O)Nc2cc(C(=O)O)ccc2Cl)n1. The highest BCUT2D eigenvalue weighted by atomic mass is 35.5. The highest BCUT2D eigenvalue weighted by molar-refractivity contribution is 7.99. The number of hydrogen-bond acceptors (Lipinski definition) is 5. The van der Waals surface area contributed by atoms with E-state index in [1.54, 1.807) is 12.1 Å². The third kappa shape index (κ3) is 5.21. The van der Waals surface area contributed by atoms with Gasteiger partial charge in [-0.15, -0.1) is 11.8 Å². The molecule has 0 unspecified atom stereocenters. The Labute approximate surface area is 153 Å². The van der Waals surface area contributed by atoms with Gasteiger partial charge in [0.1, 0.15) is 11.1 Å². The lowest BCUT2D eigenvalue weighted by Crippen LogP contribution is -2.13. The van der Waals surface area contributed by atoms with Crippen molar-refractivity contribution in [3.63, 3.8) is 0 Å². The number of carboxylic acid groups (broad SMARTS) is 1. The molecule has 1 amide bonds. The molecule has 0 bridgehead atoms. The Kier molecular flexibility index (Phi) is 6.39. The second-order valence-corrected chi connectivity index (χ2v) is 6.55. The summed E-state index contributed by atoms with van der Waals surface area (Å²) in [6.45, 7) is 1.83. The molecule has 0 aliphatic rings. The van der Waals surface area contributed by atoms with Crippen LogP contribution in [0.15, 0.2) is 35.4 Å². The van der Waals surface area contributed by atoms with Gasteiger partial charge in [-0.1, -0.05) is 11.6 Å². The van der Waals surface area contributed by atoms with Gasteiger partial charge in [-0.25, -0.2) is 9.78 Å². The molecule has 0 aliphatic carbocycles. The molecule has 2 aromatic rings. The molecule has 2 rings (SSSR count). The second-order valence-electron chi connectivity index (χ2n) is 5.06. The van der Waals surface area contributed by atoms with Crippen molar-refractivity contribution in [1.82, 2.24) is 4.98 Å². The van der Waals surface area contributed by atoms with Crippen molar-refractivity contribution >= 4 is 40.9 Å². The maximum absolute atomic E-state index is 12.0. The molecule has 8 heteroatoms. The quantitative estimate of drug-likeness (QED) is 0.745. The topological polar surface area (TPSA) is 103 Å². The third-order valence-electron chi connectivity index (χ3n) is 3.18. The fraction of sp³-hybridized carbons (Fsp3) is 0.176. The molecule has 0 spiro atoms. The second kappa shape index (κ2) is 8.51. The Hall–Kier alpha value is -2.56. The first kappa shape index (κ1) is 18.8. The summed E-state index contributed by atoms with van der Waals surface area (Å²) in [4.78, 5) is 27.3. The lowest BCUT2D eigenvalue weighted by atomic mass is 10.2. The van der Waals surface area contributed by atoms with Crippen molar-refractivity contribution in [2.75, 3.05) is 11.1 Å². The Bertz CT molecular complexity index is 865. The van der Waals surface area contributed by atoms with Crippen LogP contribution in [0, 0.1) is 18.3 Å². The van der Waals surface area contributed by atoms with Crippen LogP contribution >= 0.6 is 23.4 Å². The summed E-state index contributed by atoms with van der Waals surface area (Å²) in [6.07, 6.45) is 0.165. The van der Waals surface area contributed by atoms with Crippen molar-refractivity contribution in [1.29, 1.82) is 5.26 Å². The predicted molar refractivity (Wildman–Crippen MR) is 96.1 cm³/mol. The standard InChI is InChI=1S/C17H14ClN3O3S/c1-10-2-3-12(9-19)16(20-10)25-7-6-15(22)21-14-8-11(17(23)24)4-5-13(14)18/h2-5,8H,6-7H2,1H3,(H,21,22)(H,23,24). The number of carboxylic acids is 1. The van der Waals surface area contributed by atoms with E-state index in [-0.39, 0.29) is 28.6 Å². The van der Waals surface area contributed by atoms with E-state index in [2.05, 4.69) is 16.4 Å². The van der Waals surface area contributed by atoms with E-state index in [1.807, 2.05) is 6.92 Å². The van der Waals surface area contributed by atoms with Crippen LogP contribution in [0.2, 0.25) is 5.02 Å². The van der Waals surface area contributed by atoms with Crippen molar-refractivity contribution in [2.24, 2.45) is 0 Å². The van der Waals surface area contributed by atoms with E-state index in [9.17, 15) is 9.59 Å². The highest BCUT2D eigenvalue weighted by Gasteiger charge is 2.11. The van der Waals surface area contributed by atoms with Crippen LogP contribution in [0.1, 0.15) is 28.0 Å². The molecule has 0 aliphatic heterocycles. The number of carbonyl (C=O) groups excluding carboxylic acids is 1. The number of aromatic carboxylic acids is 1. The number of carbonyl (C=O) groups is 2. The molecular weight excluding hydrogens is 362 g/mol. The zero-order chi connectivity index (χ0) is 18.4. The van der Waals surface area contributed by atoms with Crippen LogP contribution < -0.4 is 5.32 Å². The van der Waals surface area contributed by atoms with E-state index >= 15 is 0 Å². The number of aromatic nitrogens is 1. The number of anilines is 1. The first-order valence-corrected chi connectivity index (χ1v) is 8.60. The summed E-state index contributed by atoms with van der Waals surface area (Å²) in [5.41, 5.74) is 1.55. The molecule has 0 atom stereocenters. The van der Waals surface area contributed by atoms with Crippen LogP contribution in [0.25, 0.3) is 0 Å². The molecule has 25 heavy (non-hydrogen) atoms. The maximum Gasteiger partial charge on any atom is 0.335 e. The van der Waals surface area contributed by atoms with Gasteiger partial charge >= 0.3 is 5.97 Å². The normalized spacial score (nSPS) is 10.1. The number of nitrogens with zero attached hydrogens (tertiary/aromatic N) is 2. The molecule has 2 N–H and O–H groups in total. The Morgan fingerprint density at radius 1 is 1.36 bits per heavy atom. The zero-order valence-electron chi connectivity index (χ0n) is 13.2. The summed E-state index contributed by atoms with van der Waals surface area (Å²) >= 11 is 7.29. The number of nitriles is 1. The number of hydrogen-bond donors (Lipinski definition) is 2. The Morgan fingerprint density at radius 2 is 2.12 bits per heavy atom. The lowest BCUT2D eigenvalue weighted by molar-refractivity contribution is -0.115. The molecule has 1 aromatic heterocycles. The van der Waals surface area contributed by atoms with Crippen molar-refractivity contribution in [2.45, 2.75) is 18.4 Å². The number of pyridine rings is 1. The van der Waals surface area contributed by atoms with Crippen LogP contribution in [0.3, 0.4) is 0 Å². The minimum Gasteiger partial charge on any atom is -0.478 e. The fourth-order valence-corrected chi connectivity index (χ4v) is 3.06.